The van der Waals surface area contributed by atoms with Crippen LogP contribution < -0.4 is 0 Å². The number of hydrogen-bond donors (Lipinski definition) is 0. The van der Waals surface area contributed by atoms with Crippen molar-refractivity contribution < 1.29 is 14.3 Å². The first-order valence-corrected chi connectivity index (χ1v) is 7.12. The van der Waals surface area contributed by atoms with Gasteiger partial charge in [-0.1, -0.05) is 24.3 Å². The number of rotatable bonds is 4. The summed E-state index contributed by atoms with van der Waals surface area (Å²) in [5, 5.41) is 0. The number of carbonyl (C=O) groups excluding carboxylic acids is 2. The molecule has 1 aromatic rings. The minimum Gasteiger partial charge on any atom is -0.469 e. The highest BCUT2D eigenvalue weighted by Gasteiger charge is 2.18. The number of carbonyl (C=O) groups is 2. The predicted octanol–water partition coefficient (Wildman–Crippen LogP) is 2.30. The summed E-state index contributed by atoms with van der Waals surface area (Å²) in [6.45, 7) is 1.49. The lowest BCUT2D eigenvalue weighted by Gasteiger charge is -2.20. The van der Waals surface area contributed by atoms with Crippen LogP contribution in [0.3, 0.4) is 0 Å². The normalized spacial score (nSPS) is 14.3. The van der Waals surface area contributed by atoms with Gasteiger partial charge in [0.1, 0.15) is 0 Å². The van der Waals surface area contributed by atoms with Crippen molar-refractivity contribution in [3.8, 4) is 0 Å². The van der Waals surface area contributed by atoms with Gasteiger partial charge in [0.15, 0.2) is 0 Å². The second-order valence-electron chi connectivity index (χ2n) is 5.12. The van der Waals surface area contributed by atoms with Crippen LogP contribution in [0.4, 0.5) is 0 Å². The molecule has 0 unspecified atom stereocenters. The number of ether oxygens (including phenoxy) is 1. The molecule has 4 heteroatoms. The molecule has 2 rings (SSSR count). The van der Waals surface area contributed by atoms with Crippen molar-refractivity contribution in [3.63, 3.8) is 0 Å². The molecule has 1 aliphatic heterocycles. The van der Waals surface area contributed by atoms with E-state index in [1.807, 2.05) is 17.0 Å². The minimum atomic E-state index is -0.251. The fraction of sp³-hybridized carbons (Fsp3) is 0.500. The van der Waals surface area contributed by atoms with E-state index < -0.39 is 0 Å². The fourth-order valence-corrected chi connectivity index (χ4v) is 2.56. The smallest absolute Gasteiger partial charge is 0.305 e. The van der Waals surface area contributed by atoms with Gasteiger partial charge in [-0.25, -0.2) is 0 Å². The van der Waals surface area contributed by atoms with E-state index in [0.29, 0.717) is 25.8 Å². The third kappa shape index (κ3) is 3.83. The summed E-state index contributed by atoms with van der Waals surface area (Å²) < 4.78 is 4.58. The molecule has 0 aromatic heterocycles. The van der Waals surface area contributed by atoms with Gasteiger partial charge in [-0.05, 0) is 30.4 Å². The highest BCUT2D eigenvalue weighted by molar-refractivity contribution is 5.77. The summed E-state index contributed by atoms with van der Waals surface area (Å²) in [7, 11) is 1.37. The van der Waals surface area contributed by atoms with E-state index in [1.54, 1.807) is 0 Å². The molecule has 4 nitrogen and oxygen atoms in total. The zero-order valence-electron chi connectivity index (χ0n) is 11.9. The van der Waals surface area contributed by atoms with Crippen LogP contribution in [0.25, 0.3) is 0 Å². The highest BCUT2D eigenvalue weighted by Crippen LogP contribution is 2.19. The average Bonchev–Trinajstić information content (AvgIpc) is 2.69. The Morgan fingerprint density at radius 3 is 2.70 bits per heavy atom. The molecule has 0 fully saturated rings. The first-order chi connectivity index (χ1) is 9.70. The molecule has 0 aliphatic carbocycles. The Kier molecular flexibility index (Phi) is 5.16. The van der Waals surface area contributed by atoms with Crippen molar-refractivity contribution in [3.05, 3.63) is 35.4 Å². The standard InChI is InChI=1S/C16H21NO3/c1-20-16(19)10-4-9-15(18)17-11-5-8-13-6-2-3-7-14(13)12-17/h2-3,6-7H,4-5,8-12H2,1H3. The molecule has 0 saturated carbocycles. The van der Waals surface area contributed by atoms with Crippen LogP contribution in [0.1, 0.15) is 36.8 Å². The lowest BCUT2D eigenvalue weighted by molar-refractivity contribution is -0.140. The Bertz CT molecular complexity index is 484. The molecule has 1 aromatic carbocycles. The molecule has 1 heterocycles. The van der Waals surface area contributed by atoms with Crippen LogP contribution in [0.2, 0.25) is 0 Å². The van der Waals surface area contributed by atoms with Crippen LogP contribution in [0, 0.1) is 0 Å². The first kappa shape index (κ1) is 14.6. The van der Waals surface area contributed by atoms with Crippen molar-refractivity contribution in [2.24, 2.45) is 0 Å². The molecule has 0 bridgehead atoms. The molecule has 0 saturated heterocycles. The van der Waals surface area contributed by atoms with Gasteiger partial charge in [0.05, 0.1) is 7.11 Å². The summed E-state index contributed by atoms with van der Waals surface area (Å²) >= 11 is 0. The predicted molar refractivity (Wildman–Crippen MR) is 76.0 cm³/mol. The number of aryl methyl sites for hydroxylation is 1. The quantitative estimate of drug-likeness (QED) is 0.792. The molecular formula is C16H21NO3. The molecule has 20 heavy (non-hydrogen) atoms. The van der Waals surface area contributed by atoms with Crippen LogP contribution >= 0.6 is 0 Å². The summed E-state index contributed by atoms with van der Waals surface area (Å²) in [5.74, 6) is -0.121. The minimum absolute atomic E-state index is 0.130. The Morgan fingerprint density at radius 1 is 1.20 bits per heavy atom. The topological polar surface area (TPSA) is 46.6 Å². The van der Waals surface area contributed by atoms with E-state index in [2.05, 4.69) is 16.9 Å². The SMILES string of the molecule is COC(=O)CCCC(=O)N1CCCc2ccccc2C1. The van der Waals surface area contributed by atoms with Crippen LogP contribution in [-0.4, -0.2) is 30.4 Å². The number of benzene rings is 1. The summed E-state index contributed by atoms with van der Waals surface area (Å²) in [4.78, 5) is 25.2. The molecule has 1 amide bonds. The van der Waals surface area contributed by atoms with Gasteiger partial charge in [0.2, 0.25) is 5.91 Å². The first-order valence-electron chi connectivity index (χ1n) is 7.12. The van der Waals surface area contributed by atoms with Crippen molar-refractivity contribution in [1.82, 2.24) is 4.90 Å². The zero-order chi connectivity index (χ0) is 14.4. The number of amides is 1. The van der Waals surface area contributed by atoms with Gasteiger partial charge in [0.25, 0.3) is 0 Å². The largest absolute Gasteiger partial charge is 0.469 e. The number of hydrogen-bond acceptors (Lipinski definition) is 3. The van der Waals surface area contributed by atoms with E-state index in [-0.39, 0.29) is 11.9 Å². The third-order valence-electron chi connectivity index (χ3n) is 3.71. The second kappa shape index (κ2) is 7.08. The van der Waals surface area contributed by atoms with Crippen molar-refractivity contribution in [2.45, 2.75) is 38.6 Å². The van der Waals surface area contributed by atoms with E-state index in [4.69, 9.17) is 0 Å². The Hall–Kier alpha value is -1.84. The maximum Gasteiger partial charge on any atom is 0.305 e. The number of methoxy groups -OCH3 is 1. The van der Waals surface area contributed by atoms with E-state index in [0.717, 1.165) is 19.4 Å². The average molecular weight is 275 g/mol. The maximum atomic E-state index is 12.2. The molecule has 0 N–H and O–H groups in total. The van der Waals surface area contributed by atoms with Gasteiger partial charge >= 0.3 is 5.97 Å². The van der Waals surface area contributed by atoms with E-state index in [9.17, 15) is 9.59 Å². The zero-order valence-corrected chi connectivity index (χ0v) is 11.9. The number of fused-ring (bicyclic) bond motifs is 1. The number of nitrogens with zero attached hydrogens (tertiary/aromatic N) is 1. The number of esters is 1. The maximum absolute atomic E-state index is 12.2. The fourth-order valence-electron chi connectivity index (χ4n) is 2.56. The van der Waals surface area contributed by atoms with Gasteiger partial charge in [-0.15, -0.1) is 0 Å². The van der Waals surface area contributed by atoms with E-state index >= 15 is 0 Å². The third-order valence-corrected chi connectivity index (χ3v) is 3.71. The van der Waals surface area contributed by atoms with Crippen molar-refractivity contribution >= 4 is 11.9 Å². The van der Waals surface area contributed by atoms with Crippen LogP contribution in [0.15, 0.2) is 24.3 Å². The molecular weight excluding hydrogens is 254 g/mol. The molecule has 108 valence electrons. The molecule has 0 radical (unpaired) electrons. The Balaban J connectivity index is 1.89. The van der Waals surface area contributed by atoms with Crippen molar-refractivity contribution in [1.29, 1.82) is 0 Å². The van der Waals surface area contributed by atoms with Crippen LogP contribution in [0.5, 0.6) is 0 Å². The lowest BCUT2D eigenvalue weighted by atomic mass is 10.0. The van der Waals surface area contributed by atoms with E-state index in [1.165, 1.54) is 18.2 Å². The lowest BCUT2D eigenvalue weighted by Crippen LogP contribution is -2.30. The molecule has 1 aliphatic rings. The summed E-state index contributed by atoms with van der Waals surface area (Å²) in [5.41, 5.74) is 2.59. The van der Waals surface area contributed by atoms with Gasteiger partial charge in [-0.3, -0.25) is 9.59 Å². The summed E-state index contributed by atoms with van der Waals surface area (Å²) in [6.07, 6.45) is 3.31. The Morgan fingerprint density at radius 2 is 1.95 bits per heavy atom. The van der Waals surface area contributed by atoms with Gasteiger partial charge < -0.3 is 9.64 Å². The highest BCUT2D eigenvalue weighted by atomic mass is 16.5. The van der Waals surface area contributed by atoms with Crippen LogP contribution in [-0.2, 0) is 27.3 Å². The van der Waals surface area contributed by atoms with Crippen molar-refractivity contribution in [2.75, 3.05) is 13.7 Å². The molecule has 0 atom stereocenters. The monoisotopic (exact) mass is 275 g/mol. The molecule has 0 spiro atoms. The Labute approximate surface area is 119 Å². The second-order valence-corrected chi connectivity index (χ2v) is 5.12. The summed E-state index contributed by atoms with van der Waals surface area (Å²) in [6, 6.07) is 8.30. The van der Waals surface area contributed by atoms with Gasteiger partial charge in [-0.2, -0.15) is 0 Å². The van der Waals surface area contributed by atoms with Gasteiger partial charge in [0, 0.05) is 25.9 Å².